The molecule has 0 spiro atoms. The van der Waals surface area contributed by atoms with E-state index in [-0.39, 0.29) is 6.04 Å². The lowest BCUT2D eigenvalue weighted by atomic mass is 10.1. The van der Waals surface area contributed by atoms with Gasteiger partial charge in [0.15, 0.2) is 11.7 Å². The van der Waals surface area contributed by atoms with Crippen LogP contribution in [-0.2, 0) is 4.74 Å². The van der Waals surface area contributed by atoms with Crippen molar-refractivity contribution in [3.05, 3.63) is 29.0 Å². The molecule has 1 fully saturated rings. The summed E-state index contributed by atoms with van der Waals surface area (Å²) in [6.45, 7) is 4.19. The zero-order chi connectivity index (χ0) is 14.4. The third-order valence-corrected chi connectivity index (χ3v) is 4.58. The van der Waals surface area contributed by atoms with Gasteiger partial charge in [0.1, 0.15) is 17.5 Å². The van der Waals surface area contributed by atoms with Crippen LogP contribution in [0.2, 0.25) is 0 Å². The summed E-state index contributed by atoms with van der Waals surface area (Å²) in [5, 5.41) is 8.94. The van der Waals surface area contributed by atoms with Gasteiger partial charge in [-0.05, 0) is 18.4 Å². The zero-order valence-corrected chi connectivity index (χ0v) is 12.5. The van der Waals surface area contributed by atoms with E-state index in [1.54, 1.807) is 6.33 Å². The highest BCUT2D eigenvalue weighted by molar-refractivity contribution is 6.32. The molecule has 4 rings (SSSR count). The third-order valence-electron chi connectivity index (χ3n) is 4.23. The van der Waals surface area contributed by atoms with Crippen LogP contribution >= 0.6 is 11.6 Å². The first-order chi connectivity index (χ1) is 10.3. The van der Waals surface area contributed by atoms with Gasteiger partial charge in [-0.25, -0.2) is 4.99 Å². The topological polar surface area (TPSA) is 55.5 Å². The number of hydrogen-bond acceptors (Lipinski definition) is 5. The maximum atomic E-state index is 6.40. The van der Waals surface area contributed by atoms with E-state index in [9.17, 15) is 0 Å². The number of amidine groups is 1. The van der Waals surface area contributed by atoms with Gasteiger partial charge in [-0.2, -0.15) is 0 Å². The standard InChI is InChI=1S/C14H16ClN5O/c1-2-9-3-4-10-13(17-12(9)15)19-5-6-21-7-11(19)14-18-16-8-20(10)14/h4,8,11H,2-3,5-7H2,1H3. The van der Waals surface area contributed by atoms with Crippen LogP contribution in [0.25, 0.3) is 5.70 Å². The van der Waals surface area contributed by atoms with Crippen molar-refractivity contribution in [2.75, 3.05) is 19.8 Å². The lowest BCUT2D eigenvalue weighted by Crippen LogP contribution is -2.48. The van der Waals surface area contributed by atoms with E-state index in [1.807, 2.05) is 4.57 Å². The predicted molar refractivity (Wildman–Crippen MR) is 79.8 cm³/mol. The smallest absolute Gasteiger partial charge is 0.162 e. The molecule has 1 aromatic rings. The number of nitrogens with zero attached hydrogens (tertiary/aromatic N) is 5. The molecule has 6 nitrogen and oxygen atoms in total. The molecular formula is C14H16ClN5O. The molecule has 3 aliphatic heterocycles. The molecule has 1 saturated heterocycles. The van der Waals surface area contributed by atoms with Crippen molar-refractivity contribution >= 4 is 23.1 Å². The molecule has 0 aliphatic carbocycles. The average Bonchev–Trinajstić information content (AvgIpc) is 2.93. The third kappa shape index (κ3) is 1.93. The second-order valence-corrected chi connectivity index (χ2v) is 5.68. The summed E-state index contributed by atoms with van der Waals surface area (Å²) in [7, 11) is 0. The highest BCUT2D eigenvalue weighted by Crippen LogP contribution is 2.36. The molecule has 0 amide bonds. The van der Waals surface area contributed by atoms with E-state index in [2.05, 4.69) is 28.1 Å². The molecular weight excluding hydrogens is 290 g/mol. The van der Waals surface area contributed by atoms with Gasteiger partial charge < -0.3 is 9.64 Å². The number of fused-ring (bicyclic) bond motifs is 6. The highest BCUT2D eigenvalue weighted by atomic mass is 35.5. The number of halogens is 1. The van der Waals surface area contributed by atoms with Gasteiger partial charge in [-0.1, -0.05) is 24.6 Å². The Bertz CT molecular complexity index is 675. The van der Waals surface area contributed by atoms with Crippen molar-refractivity contribution in [1.82, 2.24) is 19.7 Å². The molecule has 0 saturated carbocycles. The van der Waals surface area contributed by atoms with Gasteiger partial charge in [-0.3, -0.25) is 4.57 Å². The summed E-state index contributed by atoms with van der Waals surface area (Å²) in [5.41, 5.74) is 2.18. The van der Waals surface area contributed by atoms with Gasteiger partial charge in [0.25, 0.3) is 0 Å². The number of aromatic nitrogens is 3. The molecule has 0 radical (unpaired) electrons. The number of aliphatic imine (C=N–C) groups is 1. The van der Waals surface area contributed by atoms with E-state index >= 15 is 0 Å². The molecule has 21 heavy (non-hydrogen) atoms. The van der Waals surface area contributed by atoms with Crippen LogP contribution in [-0.4, -0.2) is 45.3 Å². The molecule has 1 atom stereocenters. The Labute approximate surface area is 127 Å². The van der Waals surface area contributed by atoms with E-state index in [4.69, 9.17) is 21.3 Å². The Morgan fingerprint density at radius 2 is 2.38 bits per heavy atom. The van der Waals surface area contributed by atoms with Crippen LogP contribution in [0.5, 0.6) is 0 Å². The van der Waals surface area contributed by atoms with Crippen LogP contribution in [0, 0.1) is 0 Å². The minimum atomic E-state index is 0.0600. The first-order valence-electron chi connectivity index (χ1n) is 7.21. The van der Waals surface area contributed by atoms with Crippen LogP contribution in [0.1, 0.15) is 31.6 Å². The van der Waals surface area contributed by atoms with Crippen molar-refractivity contribution in [3.63, 3.8) is 0 Å². The maximum Gasteiger partial charge on any atom is 0.162 e. The van der Waals surface area contributed by atoms with E-state index in [0.717, 1.165) is 42.3 Å². The van der Waals surface area contributed by atoms with Gasteiger partial charge in [0.05, 0.1) is 18.9 Å². The number of rotatable bonds is 1. The molecule has 0 aromatic carbocycles. The van der Waals surface area contributed by atoms with Crippen molar-refractivity contribution in [1.29, 1.82) is 0 Å². The van der Waals surface area contributed by atoms with Crippen molar-refractivity contribution < 1.29 is 4.74 Å². The summed E-state index contributed by atoms with van der Waals surface area (Å²) < 4.78 is 7.61. The van der Waals surface area contributed by atoms with Crippen molar-refractivity contribution in [2.45, 2.75) is 25.8 Å². The minimum Gasteiger partial charge on any atom is -0.377 e. The van der Waals surface area contributed by atoms with Gasteiger partial charge in [0.2, 0.25) is 0 Å². The fourth-order valence-corrected chi connectivity index (χ4v) is 3.35. The fourth-order valence-electron chi connectivity index (χ4n) is 3.06. The average molecular weight is 306 g/mol. The van der Waals surface area contributed by atoms with Crippen LogP contribution < -0.4 is 0 Å². The second-order valence-electron chi connectivity index (χ2n) is 5.32. The first-order valence-corrected chi connectivity index (χ1v) is 7.58. The zero-order valence-electron chi connectivity index (χ0n) is 11.8. The number of ether oxygens (including phenoxy) is 1. The van der Waals surface area contributed by atoms with E-state index in [0.29, 0.717) is 18.4 Å². The summed E-state index contributed by atoms with van der Waals surface area (Å²) in [4.78, 5) is 6.94. The second kappa shape index (κ2) is 4.96. The van der Waals surface area contributed by atoms with Crippen molar-refractivity contribution in [2.24, 2.45) is 4.99 Å². The van der Waals surface area contributed by atoms with E-state index in [1.165, 1.54) is 0 Å². The SMILES string of the molecule is CCC1=C(Cl)N=C2C(=CC1)n1cnnc1C1COCCN21. The molecule has 0 N–H and O–H groups in total. The molecule has 7 heteroatoms. The molecule has 0 bridgehead atoms. The Morgan fingerprint density at radius 1 is 1.48 bits per heavy atom. The molecule has 1 aromatic heterocycles. The molecule has 1 unspecified atom stereocenters. The lowest BCUT2D eigenvalue weighted by molar-refractivity contribution is 0.0205. The number of morpholine rings is 1. The van der Waals surface area contributed by atoms with E-state index < -0.39 is 0 Å². The largest absolute Gasteiger partial charge is 0.377 e. The molecule has 3 aliphatic rings. The lowest BCUT2D eigenvalue weighted by Gasteiger charge is -2.41. The minimum absolute atomic E-state index is 0.0600. The van der Waals surface area contributed by atoms with Gasteiger partial charge >= 0.3 is 0 Å². The van der Waals surface area contributed by atoms with Crippen molar-refractivity contribution in [3.8, 4) is 0 Å². The maximum absolute atomic E-state index is 6.40. The quantitative estimate of drug-likeness (QED) is 0.746. The summed E-state index contributed by atoms with van der Waals surface area (Å²) in [6, 6.07) is 0.0600. The fraction of sp³-hybridized carbons (Fsp3) is 0.500. The van der Waals surface area contributed by atoms with Crippen LogP contribution in [0.3, 0.4) is 0 Å². The monoisotopic (exact) mass is 305 g/mol. The Morgan fingerprint density at radius 3 is 3.24 bits per heavy atom. The summed E-state index contributed by atoms with van der Waals surface area (Å²) in [5.74, 6) is 1.82. The number of allylic oxidation sites excluding steroid dienone is 2. The predicted octanol–water partition coefficient (Wildman–Crippen LogP) is 2.17. The first kappa shape index (κ1) is 13.0. The normalized spacial score (nSPS) is 24.7. The summed E-state index contributed by atoms with van der Waals surface area (Å²) in [6.07, 6.45) is 5.63. The Balaban J connectivity index is 1.90. The molecule has 110 valence electrons. The van der Waals surface area contributed by atoms with Crippen LogP contribution in [0.4, 0.5) is 0 Å². The van der Waals surface area contributed by atoms with Crippen LogP contribution in [0.15, 0.2) is 28.1 Å². The molecule has 4 heterocycles. The summed E-state index contributed by atoms with van der Waals surface area (Å²) >= 11 is 6.40. The highest BCUT2D eigenvalue weighted by Gasteiger charge is 2.38. The van der Waals surface area contributed by atoms with Gasteiger partial charge in [0, 0.05) is 6.54 Å². The number of hydrogen-bond donors (Lipinski definition) is 0. The Kier molecular flexibility index (Phi) is 3.08. The Hall–Kier alpha value is -1.66. The van der Waals surface area contributed by atoms with Gasteiger partial charge in [-0.15, -0.1) is 10.2 Å².